The van der Waals surface area contributed by atoms with Crippen molar-refractivity contribution in [1.29, 1.82) is 0 Å². The largest absolute Gasteiger partial charge is 0.327 e. The SMILES string of the molecule is CC.CC.CC.Cc1ncc(CN2CCN(C)CC2)n1Cc1ccccc1. The zero-order valence-corrected chi connectivity index (χ0v) is 19.0. The monoisotopic (exact) mass is 374 g/mol. The fourth-order valence-corrected chi connectivity index (χ4v) is 2.86. The quantitative estimate of drug-likeness (QED) is 0.747. The Kier molecular flexibility index (Phi) is 14.5. The summed E-state index contributed by atoms with van der Waals surface area (Å²) in [6, 6.07) is 10.6. The van der Waals surface area contributed by atoms with Gasteiger partial charge in [0.1, 0.15) is 5.82 Å². The maximum Gasteiger partial charge on any atom is 0.106 e. The Bertz CT molecular complexity index is 569. The molecule has 0 aliphatic carbocycles. The van der Waals surface area contributed by atoms with Crippen LogP contribution in [0.1, 0.15) is 58.6 Å². The second kappa shape index (κ2) is 15.4. The van der Waals surface area contributed by atoms with Gasteiger partial charge < -0.3 is 9.47 Å². The molecule has 3 rings (SSSR count). The molecule has 0 saturated carbocycles. The molecule has 0 bridgehead atoms. The zero-order chi connectivity index (χ0) is 20.7. The number of likely N-dealkylation sites (N-methyl/N-ethyl adjacent to an activating group) is 1. The topological polar surface area (TPSA) is 24.3 Å². The van der Waals surface area contributed by atoms with Crippen molar-refractivity contribution in [1.82, 2.24) is 19.4 Å². The number of nitrogens with zero attached hydrogens (tertiary/aromatic N) is 4. The number of hydrogen-bond acceptors (Lipinski definition) is 3. The van der Waals surface area contributed by atoms with Crippen molar-refractivity contribution in [2.45, 2.75) is 61.6 Å². The van der Waals surface area contributed by atoms with Gasteiger partial charge in [-0.1, -0.05) is 71.9 Å². The van der Waals surface area contributed by atoms with Crippen molar-refractivity contribution in [3.05, 3.63) is 53.6 Å². The minimum atomic E-state index is 0.912. The summed E-state index contributed by atoms with van der Waals surface area (Å²) in [7, 11) is 2.20. The summed E-state index contributed by atoms with van der Waals surface area (Å²) in [6.07, 6.45) is 2.04. The van der Waals surface area contributed by atoms with E-state index in [-0.39, 0.29) is 0 Å². The zero-order valence-electron chi connectivity index (χ0n) is 19.0. The van der Waals surface area contributed by atoms with Crippen LogP contribution in [0.2, 0.25) is 0 Å². The van der Waals surface area contributed by atoms with Gasteiger partial charge in [-0.15, -0.1) is 0 Å². The molecule has 0 atom stereocenters. The van der Waals surface area contributed by atoms with E-state index in [1.807, 2.05) is 47.7 Å². The molecule has 0 spiro atoms. The first-order valence-electron chi connectivity index (χ1n) is 10.7. The highest BCUT2D eigenvalue weighted by Crippen LogP contribution is 2.13. The second-order valence-corrected chi connectivity index (χ2v) is 5.95. The van der Waals surface area contributed by atoms with Crippen LogP contribution in [0.15, 0.2) is 36.5 Å². The lowest BCUT2D eigenvalue weighted by Gasteiger charge is -2.32. The second-order valence-electron chi connectivity index (χ2n) is 5.95. The lowest BCUT2D eigenvalue weighted by atomic mass is 10.2. The van der Waals surface area contributed by atoms with Crippen LogP contribution in [-0.2, 0) is 13.1 Å². The molecule has 4 nitrogen and oxygen atoms in total. The van der Waals surface area contributed by atoms with Gasteiger partial charge >= 0.3 is 0 Å². The van der Waals surface area contributed by atoms with Gasteiger partial charge in [0.05, 0.1) is 5.69 Å². The van der Waals surface area contributed by atoms with E-state index in [2.05, 4.69) is 63.7 Å². The molecule has 1 aliphatic heterocycles. The summed E-state index contributed by atoms with van der Waals surface area (Å²) >= 11 is 0. The Labute approximate surface area is 168 Å². The fraction of sp³-hybridized carbons (Fsp3) is 0.609. The molecule has 27 heavy (non-hydrogen) atoms. The smallest absolute Gasteiger partial charge is 0.106 e. The van der Waals surface area contributed by atoms with E-state index in [4.69, 9.17) is 0 Å². The minimum absolute atomic E-state index is 0.912. The summed E-state index contributed by atoms with van der Waals surface area (Å²) in [4.78, 5) is 9.44. The molecule has 2 heterocycles. The first-order chi connectivity index (χ1) is 13.2. The van der Waals surface area contributed by atoms with E-state index in [9.17, 15) is 0 Å². The van der Waals surface area contributed by atoms with Crippen molar-refractivity contribution >= 4 is 0 Å². The Morgan fingerprint density at radius 1 is 0.815 bits per heavy atom. The lowest BCUT2D eigenvalue weighted by molar-refractivity contribution is 0.145. The standard InChI is InChI=1S/C17H24N4.3C2H6/c1-15-18-12-17(14-20-10-8-19(2)9-11-20)21(15)13-16-6-4-3-5-7-16;3*1-2/h3-7,12H,8-11,13-14H2,1-2H3;3*1-2H3. The Hall–Kier alpha value is -1.65. The maximum atomic E-state index is 4.52. The van der Waals surface area contributed by atoms with Crippen LogP contribution >= 0.6 is 0 Å². The molecule has 1 fully saturated rings. The molecule has 0 amide bonds. The molecule has 1 saturated heterocycles. The number of rotatable bonds is 4. The highest BCUT2D eigenvalue weighted by molar-refractivity contribution is 5.17. The molecule has 4 heteroatoms. The first-order valence-corrected chi connectivity index (χ1v) is 10.7. The lowest BCUT2D eigenvalue weighted by Crippen LogP contribution is -2.44. The molecule has 1 aliphatic rings. The average Bonchev–Trinajstić information content (AvgIpc) is 3.08. The molecule has 1 aromatic carbocycles. The third kappa shape index (κ3) is 8.72. The van der Waals surface area contributed by atoms with Crippen LogP contribution in [-0.4, -0.2) is 52.6 Å². The Balaban J connectivity index is 0.00000103. The van der Waals surface area contributed by atoms with E-state index in [1.54, 1.807) is 0 Å². The van der Waals surface area contributed by atoms with Gasteiger partial charge in [-0.3, -0.25) is 4.90 Å². The minimum Gasteiger partial charge on any atom is -0.327 e. The third-order valence-electron chi connectivity index (χ3n) is 4.30. The molecule has 0 unspecified atom stereocenters. The van der Waals surface area contributed by atoms with E-state index >= 15 is 0 Å². The summed E-state index contributed by atoms with van der Waals surface area (Å²) in [5.74, 6) is 1.10. The maximum absolute atomic E-state index is 4.52. The van der Waals surface area contributed by atoms with Gasteiger partial charge in [0.25, 0.3) is 0 Å². The number of aryl methyl sites for hydroxylation is 1. The molecule has 0 radical (unpaired) electrons. The van der Waals surface area contributed by atoms with E-state index in [0.29, 0.717) is 0 Å². The summed E-state index contributed by atoms with van der Waals surface area (Å²) in [6.45, 7) is 20.6. The van der Waals surface area contributed by atoms with Crippen LogP contribution in [0, 0.1) is 6.92 Å². The predicted molar refractivity (Wildman–Crippen MR) is 119 cm³/mol. The van der Waals surface area contributed by atoms with Crippen molar-refractivity contribution in [3.63, 3.8) is 0 Å². The van der Waals surface area contributed by atoms with Crippen LogP contribution in [0.5, 0.6) is 0 Å². The third-order valence-corrected chi connectivity index (χ3v) is 4.30. The predicted octanol–water partition coefficient (Wildman–Crippen LogP) is 5.07. The molecule has 1 aromatic heterocycles. The van der Waals surface area contributed by atoms with Crippen LogP contribution in [0.4, 0.5) is 0 Å². The van der Waals surface area contributed by atoms with E-state index < -0.39 is 0 Å². The summed E-state index contributed by atoms with van der Waals surface area (Å²) in [5, 5.41) is 0. The summed E-state index contributed by atoms with van der Waals surface area (Å²) in [5.41, 5.74) is 2.65. The van der Waals surface area contributed by atoms with Gasteiger partial charge in [-0.05, 0) is 19.5 Å². The van der Waals surface area contributed by atoms with Gasteiger partial charge in [0.15, 0.2) is 0 Å². The molecule has 2 aromatic rings. The molecular formula is C23H42N4. The van der Waals surface area contributed by atoms with Crippen LogP contribution in [0.3, 0.4) is 0 Å². The number of piperazine rings is 1. The van der Waals surface area contributed by atoms with Crippen LogP contribution in [0.25, 0.3) is 0 Å². The van der Waals surface area contributed by atoms with E-state index in [0.717, 1.165) is 45.1 Å². The van der Waals surface area contributed by atoms with Crippen molar-refractivity contribution in [2.75, 3.05) is 33.2 Å². The molecule has 154 valence electrons. The average molecular weight is 375 g/mol. The first kappa shape index (κ1) is 25.4. The Morgan fingerprint density at radius 2 is 1.37 bits per heavy atom. The molecule has 0 N–H and O–H groups in total. The highest BCUT2D eigenvalue weighted by atomic mass is 15.3. The van der Waals surface area contributed by atoms with Gasteiger partial charge in [-0.25, -0.2) is 4.98 Å². The van der Waals surface area contributed by atoms with E-state index in [1.165, 1.54) is 11.3 Å². The van der Waals surface area contributed by atoms with Crippen molar-refractivity contribution in [2.24, 2.45) is 0 Å². The van der Waals surface area contributed by atoms with Crippen molar-refractivity contribution in [3.8, 4) is 0 Å². The van der Waals surface area contributed by atoms with Gasteiger partial charge in [0.2, 0.25) is 0 Å². The number of hydrogen-bond donors (Lipinski definition) is 0. The summed E-state index contributed by atoms with van der Waals surface area (Å²) < 4.78 is 2.34. The number of imidazole rings is 1. The molecular weight excluding hydrogens is 332 g/mol. The highest BCUT2D eigenvalue weighted by Gasteiger charge is 2.16. The van der Waals surface area contributed by atoms with Gasteiger partial charge in [-0.2, -0.15) is 0 Å². The number of aromatic nitrogens is 2. The fourth-order valence-electron chi connectivity index (χ4n) is 2.86. The normalized spacial score (nSPS) is 14.1. The van der Waals surface area contributed by atoms with Crippen molar-refractivity contribution < 1.29 is 0 Å². The van der Waals surface area contributed by atoms with Crippen LogP contribution < -0.4 is 0 Å². The van der Waals surface area contributed by atoms with Gasteiger partial charge in [0, 0.05) is 45.5 Å². The number of benzene rings is 1. The Morgan fingerprint density at radius 3 is 1.93 bits per heavy atom.